The third-order valence-electron chi connectivity index (χ3n) is 3.12. The van der Waals surface area contributed by atoms with Crippen molar-refractivity contribution in [1.82, 2.24) is 0 Å². The fraction of sp³-hybridized carbons (Fsp3) is 0.818. The Kier molecular flexibility index (Phi) is 2.92. The molecule has 0 unspecified atom stereocenters. The predicted molar refractivity (Wildman–Crippen MR) is 63.9 cm³/mol. The van der Waals surface area contributed by atoms with E-state index in [0.29, 0.717) is 4.75 Å². The first kappa shape index (κ1) is 10.2. The molecule has 0 aromatic carbocycles. The van der Waals surface area contributed by atoms with Crippen molar-refractivity contribution in [3.05, 3.63) is 0 Å². The van der Waals surface area contributed by atoms with Crippen molar-refractivity contribution in [3.63, 3.8) is 0 Å². The molecule has 1 rings (SSSR count). The van der Waals surface area contributed by atoms with Gasteiger partial charge in [0.15, 0.2) is 0 Å². The maximum atomic E-state index is 2.43. The first-order valence-electron chi connectivity index (χ1n) is 4.98. The average molecular weight is 186 g/mol. The molecule has 0 aromatic rings. The summed E-state index contributed by atoms with van der Waals surface area (Å²) < 4.78 is 0.572. The van der Waals surface area contributed by atoms with Gasteiger partial charge in [-0.2, -0.15) is 9.21 Å². The summed E-state index contributed by atoms with van der Waals surface area (Å²) in [6.45, 7) is 7.13. The Hall–Kier alpha value is 0.0900. The van der Waals surface area contributed by atoms with Crippen LogP contribution < -0.4 is 0 Å². The highest BCUT2D eigenvalue weighted by Crippen LogP contribution is 2.45. The second-order valence-electron chi connectivity index (χ2n) is 4.54. The SMILES string of the molecule is CCCCCC(C)(C)S1(C)=CC=1. The highest BCUT2D eigenvalue weighted by Gasteiger charge is 2.26. The molecule has 0 nitrogen and oxygen atoms in total. The van der Waals surface area contributed by atoms with Crippen LogP contribution in [0.2, 0.25) is 0 Å². The summed E-state index contributed by atoms with van der Waals surface area (Å²) in [6.07, 6.45) is 7.99. The first-order chi connectivity index (χ1) is 5.52. The van der Waals surface area contributed by atoms with Crippen LogP contribution in [0.15, 0.2) is 0 Å². The summed E-state index contributed by atoms with van der Waals surface area (Å²) in [4.78, 5) is 0. The second-order valence-corrected chi connectivity index (χ2v) is 8.28. The summed E-state index contributed by atoms with van der Waals surface area (Å²) in [5.74, 6) is 0. The molecule has 0 atom stereocenters. The lowest BCUT2D eigenvalue weighted by Crippen LogP contribution is -2.16. The summed E-state index contributed by atoms with van der Waals surface area (Å²) in [5, 5.41) is 4.86. The smallest absolute Gasteiger partial charge is 0.00104 e. The molecule has 1 aliphatic heterocycles. The summed E-state index contributed by atoms with van der Waals surface area (Å²) in [6, 6.07) is 0. The van der Waals surface area contributed by atoms with E-state index in [1.807, 2.05) is 0 Å². The van der Waals surface area contributed by atoms with E-state index in [4.69, 9.17) is 0 Å². The largest absolute Gasteiger partial charge is 0.198 e. The molecule has 0 saturated carbocycles. The fourth-order valence-corrected chi connectivity index (χ4v) is 3.46. The number of hydrogen-bond donors (Lipinski definition) is 0. The standard InChI is InChI=1S/C11H22S/c1-5-6-7-8-11(2,3)12(4)9-10-12/h9-10H,5-8H2,1-4H3. The van der Waals surface area contributed by atoms with Crippen LogP contribution in [0.5, 0.6) is 0 Å². The third kappa shape index (κ3) is 2.07. The minimum Gasteiger partial charge on any atom is -0.198 e. The Morgan fingerprint density at radius 2 is 1.75 bits per heavy atom. The van der Waals surface area contributed by atoms with Crippen molar-refractivity contribution in [3.8, 4) is 0 Å². The summed E-state index contributed by atoms with van der Waals surface area (Å²) >= 11 is 0. The number of hydrogen-bond acceptors (Lipinski definition) is 0. The Labute approximate surface area is 77.8 Å². The van der Waals surface area contributed by atoms with Crippen molar-refractivity contribution < 1.29 is 0 Å². The molecular formula is C11H22S. The third-order valence-corrected chi connectivity index (χ3v) is 6.79. The highest BCUT2D eigenvalue weighted by atomic mass is 32.2. The van der Waals surface area contributed by atoms with Gasteiger partial charge < -0.3 is 0 Å². The van der Waals surface area contributed by atoms with Crippen molar-refractivity contribution in [2.24, 2.45) is 0 Å². The maximum Gasteiger partial charge on any atom is 0.00104 e. The van der Waals surface area contributed by atoms with Gasteiger partial charge in [0.1, 0.15) is 0 Å². The van der Waals surface area contributed by atoms with Crippen LogP contribution in [-0.4, -0.2) is 21.7 Å². The van der Waals surface area contributed by atoms with Crippen LogP contribution in [0.4, 0.5) is 0 Å². The lowest BCUT2D eigenvalue weighted by atomic mass is 10.0. The van der Waals surface area contributed by atoms with Gasteiger partial charge in [-0.3, -0.25) is 0 Å². The van der Waals surface area contributed by atoms with E-state index >= 15 is 0 Å². The van der Waals surface area contributed by atoms with Gasteiger partial charge in [-0.25, -0.2) is 0 Å². The molecule has 12 heavy (non-hydrogen) atoms. The van der Waals surface area contributed by atoms with Crippen LogP contribution in [0, 0.1) is 0 Å². The first-order valence-corrected chi connectivity index (χ1v) is 7.15. The van der Waals surface area contributed by atoms with Gasteiger partial charge in [0.25, 0.3) is 0 Å². The monoisotopic (exact) mass is 186 g/mol. The van der Waals surface area contributed by atoms with E-state index in [9.17, 15) is 0 Å². The molecule has 0 aliphatic carbocycles. The summed E-state index contributed by atoms with van der Waals surface area (Å²) in [5.41, 5.74) is 0. The van der Waals surface area contributed by atoms with E-state index in [2.05, 4.69) is 37.8 Å². The average Bonchev–Trinajstić information content (AvgIpc) is 2.70. The molecule has 0 fully saturated rings. The van der Waals surface area contributed by atoms with Crippen LogP contribution in [-0.2, 0) is 0 Å². The molecule has 0 radical (unpaired) electrons. The second kappa shape index (κ2) is 3.45. The normalized spacial score (nSPS) is 19.7. The van der Waals surface area contributed by atoms with Gasteiger partial charge in [-0.15, -0.1) is 0 Å². The molecule has 0 bridgehead atoms. The number of unbranched alkanes of at least 4 members (excludes halogenated alkanes) is 2. The Morgan fingerprint density at radius 1 is 1.17 bits per heavy atom. The molecule has 72 valence electrons. The topological polar surface area (TPSA) is 0 Å². The molecular weight excluding hydrogens is 164 g/mol. The maximum absolute atomic E-state index is 2.43. The van der Waals surface area contributed by atoms with Gasteiger partial charge in [0.05, 0.1) is 0 Å². The van der Waals surface area contributed by atoms with E-state index in [1.54, 1.807) is 0 Å². The van der Waals surface area contributed by atoms with Crippen molar-refractivity contribution in [1.29, 1.82) is 0 Å². The molecule has 1 heteroatoms. The van der Waals surface area contributed by atoms with E-state index in [-0.39, 0.29) is 9.21 Å². The predicted octanol–water partition coefficient (Wildman–Crippen LogP) is 3.40. The van der Waals surface area contributed by atoms with Gasteiger partial charge in [-0.1, -0.05) is 40.0 Å². The van der Waals surface area contributed by atoms with E-state index in [0.717, 1.165) is 0 Å². The zero-order valence-corrected chi connectivity index (χ0v) is 9.71. The Bertz CT molecular complexity index is 249. The molecule has 0 saturated heterocycles. The fourth-order valence-electron chi connectivity index (χ4n) is 1.47. The van der Waals surface area contributed by atoms with Gasteiger partial charge >= 0.3 is 0 Å². The van der Waals surface area contributed by atoms with E-state index in [1.165, 1.54) is 25.7 Å². The van der Waals surface area contributed by atoms with Crippen LogP contribution in [0.1, 0.15) is 46.5 Å². The summed E-state index contributed by atoms with van der Waals surface area (Å²) in [7, 11) is -0.383. The van der Waals surface area contributed by atoms with Crippen LogP contribution >= 0.6 is 9.21 Å². The molecule has 1 heterocycles. The van der Waals surface area contributed by atoms with Gasteiger partial charge in [0, 0.05) is 4.75 Å². The molecule has 0 spiro atoms. The highest BCUT2D eigenvalue weighted by molar-refractivity contribution is 8.38. The lowest BCUT2D eigenvalue weighted by molar-refractivity contribution is 0.573. The molecule has 0 amide bonds. The lowest BCUT2D eigenvalue weighted by Gasteiger charge is -2.27. The zero-order valence-electron chi connectivity index (χ0n) is 8.89. The number of rotatable bonds is 5. The van der Waals surface area contributed by atoms with Crippen molar-refractivity contribution >= 4 is 19.9 Å². The quantitative estimate of drug-likeness (QED) is 0.456. The minimum absolute atomic E-state index is 0.383. The van der Waals surface area contributed by atoms with Crippen LogP contribution in [0.25, 0.3) is 0 Å². The Morgan fingerprint density at radius 3 is 2.17 bits per heavy atom. The molecule has 0 aromatic heterocycles. The molecule has 1 aliphatic rings. The van der Waals surface area contributed by atoms with Crippen molar-refractivity contribution in [2.75, 3.05) is 6.26 Å². The zero-order chi connectivity index (χ0) is 9.24. The Balaban J connectivity index is 2.40. The van der Waals surface area contributed by atoms with Crippen LogP contribution in [0.3, 0.4) is 0 Å². The van der Waals surface area contributed by atoms with Gasteiger partial charge in [0.2, 0.25) is 0 Å². The van der Waals surface area contributed by atoms with Crippen molar-refractivity contribution in [2.45, 2.75) is 51.2 Å². The van der Waals surface area contributed by atoms with E-state index < -0.39 is 0 Å². The van der Waals surface area contributed by atoms with Gasteiger partial charge in [-0.05, 0) is 23.4 Å². The molecule has 0 N–H and O–H groups in total. The minimum atomic E-state index is -0.383.